The van der Waals surface area contributed by atoms with Gasteiger partial charge in [-0.2, -0.15) is 0 Å². The first kappa shape index (κ1) is 23.4. The Morgan fingerprint density at radius 3 is 2.66 bits per heavy atom. The highest BCUT2D eigenvalue weighted by Gasteiger charge is 2.29. The fraction of sp³-hybridized carbons (Fsp3) is 0.462. The van der Waals surface area contributed by atoms with Crippen LogP contribution in [0.1, 0.15) is 16.8 Å². The van der Waals surface area contributed by atoms with Gasteiger partial charge in [0.1, 0.15) is 5.75 Å². The van der Waals surface area contributed by atoms with Gasteiger partial charge >= 0.3 is 0 Å². The number of rotatable bonds is 6. The first-order chi connectivity index (χ1) is 17.2. The van der Waals surface area contributed by atoms with Crippen molar-refractivity contribution in [2.75, 3.05) is 65.8 Å². The van der Waals surface area contributed by atoms with E-state index in [1.54, 1.807) is 18.2 Å². The zero-order valence-corrected chi connectivity index (χ0v) is 19.8. The van der Waals surface area contributed by atoms with E-state index in [-0.39, 0.29) is 31.3 Å². The monoisotopic (exact) mass is 481 g/mol. The van der Waals surface area contributed by atoms with E-state index in [0.717, 1.165) is 26.1 Å². The van der Waals surface area contributed by atoms with Gasteiger partial charge in [0.25, 0.3) is 11.8 Å². The molecule has 186 valence electrons. The van der Waals surface area contributed by atoms with Crippen molar-refractivity contribution in [3.63, 3.8) is 0 Å². The molecule has 2 saturated heterocycles. The molecule has 35 heavy (non-hydrogen) atoms. The van der Waals surface area contributed by atoms with Crippen LogP contribution in [0.4, 0.5) is 0 Å². The molecule has 1 unspecified atom stereocenters. The van der Waals surface area contributed by atoms with Crippen LogP contribution < -0.4 is 14.2 Å². The predicted molar refractivity (Wildman–Crippen MR) is 128 cm³/mol. The Bertz CT molecular complexity index is 1030. The van der Waals surface area contributed by atoms with E-state index in [4.69, 9.17) is 18.9 Å². The van der Waals surface area contributed by atoms with Crippen molar-refractivity contribution in [3.05, 3.63) is 54.1 Å². The topological polar surface area (TPSA) is 80.8 Å². The number of amides is 2. The minimum Gasteiger partial charge on any atom is -0.484 e. The highest BCUT2D eigenvalue weighted by Crippen LogP contribution is 2.33. The summed E-state index contributed by atoms with van der Waals surface area (Å²) in [5.41, 5.74) is 0.594. The average Bonchev–Trinajstić information content (AvgIpc) is 3.25. The Balaban J connectivity index is 1.10. The van der Waals surface area contributed by atoms with E-state index in [0.29, 0.717) is 55.6 Å². The Labute approximate surface area is 205 Å². The second-order valence-electron chi connectivity index (χ2n) is 8.95. The third-order valence-corrected chi connectivity index (χ3v) is 6.55. The third-order valence-electron chi connectivity index (χ3n) is 6.55. The normalized spacial score (nSPS) is 20.4. The van der Waals surface area contributed by atoms with Gasteiger partial charge in [0.15, 0.2) is 18.1 Å². The summed E-state index contributed by atoms with van der Waals surface area (Å²) < 4.78 is 22.4. The van der Waals surface area contributed by atoms with Gasteiger partial charge in [-0.15, -0.1) is 0 Å². The molecule has 2 amide bonds. The summed E-state index contributed by atoms with van der Waals surface area (Å²) in [7, 11) is 0. The number of ether oxygens (including phenoxy) is 4. The van der Waals surface area contributed by atoms with Crippen LogP contribution in [-0.4, -0.2) is 98.4 Å². The summed E-state index contributed by atoms with van der Waals surface area (Å²) in [5.74, 6) is 1.96. The number of hydrogen-bond donors (Lipinski definition) is 0. The van der Waals surface area contributed by atoms with Crippen molar-refractivity contribution in [2.24, 2.45) is 0 Å². The first-order valence-corrected chi connectivity index (χ1v) is 12.1. The summed E-state index contributed by atoms with van der Waals surface area (Å²) in [5, 5.41) is 0. The summed E-state index contributed by atoms with van der Waals surface area (Å²) in [6.07, 6.45) is 0.828. The number of morpholine rings is 1. The molecule has 9 heteroatoms. The lowest BCUT2D eigenvalue weighted by atomic mass is 10.1. The molecule has 0 radical (unpaired) electrons. The van der Waals surface area contributed by atoms with Crippen LogP contribution in [-0.2, 0) is 9.53 Å². The van der Waals surface area contributed by atoms with Crippen LogP contribution in [0.2, 0.25) is 0 Å². The molecule has 0 aliphatic carbocycles. The number of benzene rings is 2. The molecule has 0 saturated carbocycles. The van der Waals surface area contributed by atoms with Gasteiger partial charge in [-0.05, 0) is 43.3 Å². The van der Waals surface area contributed by atoms with Crippen molar-refractivity contribution in [3.8, 4) is 17.2 Å². The molecule has 2 aromatic rings. The smallest absolute Gasteiger partial charge is 0.260 e. The lowest BCUT2D eigenvalue weighted by molar-refractivity contribution is -0.133. The number of carbonyl (C=O) groups is 2. The lowest BCUT2D eigenvalue weighted by Crippen LogP contribution is -2.50. The average molecular weight is 482 g/mol. The minimum atomic E-state index is -0.0645. The zero-order valence-electron chi connectivity index (χ0n) is 19.8. The van der Waals surface area contributed by atoms with Gasteiger partial charge < -0.3 is 28.7 Å². The maximum Gasteiger partial charge on any atom is 0.260 e. The summed E-state index contributed by atoms with van der Waals surface area (Å²) >= 11 is 0. The zero-order chi connectivity index (χ0) is 24.0. The van der Waals surface area contributed by atoms with Crippen LogP contribution in [0, 0.1) is 0 Å². The van der Waals surface area contributed by atoms with E-state index < -0.39 is 0 Å². The van der Waals surface area contributed by atoms with Crippen molar-refractivity contribution >= 4 is 11.8 Å². The minimum absolute atomic E-state index is 0.00474. The van der Waals surface area contributed by atoms with E-state index in [2.05, 4.69) is 4.90 Å². The van der Waals surface area contributed by atoms with E-state index >= 15 is 0 Å². The Hall–Kier alpha value is -3.30. The van der Waals surface area contributed by atoms with Gasteiger partial charge in [0, 0.05) is 44.8 Å². The van der Waals surface area contributed by atoms with Gasteiger partial charge in [-0.25, -0.2) is 0 Å². The lowest BCUT2D eigenvalue weighted by Gasteiger charge is -2.35. The molecule has 2 fully saturated rings. The van der Waals surface area contributed by atoms with Crippen molar-refractivity contribution in [2.45, 2.75) is 12.5 Å². The van der Waals surface area contributed by atoms with Crippen LogP contribution in [0.3, 0.4) is 0 Å². The van der Waals surface area contributed by atoms with Crippen molar-refractivity contribution in [1.29, 1.82) is 0 Å². The van der Waals surface area contributed by atoms with E-state index in [1.807, 2.05) is 40.1 Å². The van der Waals surface area contributed by atoms with E-state index in [9.17, 15) is 9.59 Å². The van der Waals surface area contributed by atoms with Crippen LogP contribution in [0.15, 0.2) is 48.5 Å². The molecule has 3 heterocycles. The number of para-hydroxylation sites is 1. The molecule has 0 N–H and O–H groups in total. The molecular weight excluding hydrogens is 450 g/mol. The Morgan fingerprint density at radius 2 is 1.77 bits per heavy atom. The second-order valence-corrected chi connectivity index (χ2v) is 8.95. The molecule has 9 nitrogen and oxygen atoms in total. The number of fused-ring (bicyclic) bond motifs is 1. The van der Waals surface area contributed by atoms with E-state index in [1.165, 1.54) is 0 Å². The van der Waals surface area contributed by atoms with Gasteiger partial charge in [0.2, 0.25) is 6.79 Å². The maximum atomic E-state index is 13.1. The van der Waals surface area contributed by atoms with Crippen LogP contribution in [0.25, 0.3) is 0 Å². The highest BCUT2D eigenvalue weighted by atomic mass is 16.7. The first-order valence-electron chi connectivity index (χ1n) is 12.1. The molecule has 0 aromatic heterocycles. The molecule has 5 rings (SSSR count). The number of nitrogens with zero attached hydrogens (tertiary/aromatic N) is 3. The molecule has 2 aromatic carbocycles. The summed E-state index contributed by atoms with van der Waals surface area (Å²) in [4.78, 5) is 31.8. The maximum absolute atomic E-state index is 13.1. The molecule has 3 aliphatic rings. The molecule has 0 spiro atoms. The summed E-state index contributed by atoms with van der Waals surface area (Å²) in [6.45, 7) is 5.61. The Kier molecular flexibility index (Phi) is 7.34. The summed E-state index contributed by atoms with van der Waals surface area (Å²) in [6, 6.07) is 14.7. The molecule has 3 aliphatic heterocycles. The van der Waals surface area contributed by atoms with Crippen LogP contribution in [0.5, 0.6) is 17.2 Å². The third kappa shape index (κ3) is 5.86. The van der Waals surface area contributed by atoms with Crippen LogP contribution >= 0.6 is 0 Å². The van der Waals surface area contributed by atoms with Crippen molar-refractivity contribution < 1.29 is 28.5 Å². The largest absolute Gasteiger partial charge is 0.484 e. The fourth-order valence-electron chi connectivity index (χ4n) is 4.67. The number of carbonyl (C=O) groups excluding carboxylic acids is 2. The van der Waals surface area contributed by atoms with Gasteiger partial charge in [-0.1, -0.05) is 18.2 Å². The van der Waals surface area contributed by atoms with Gasteiger partial charge in [0.05, 0.1) is 12.7 Å². The Morgan fingerprint density at radius 1 is 0.914 bits per heavy atom. The quantitative estimate of drug-likeness (QED) is 0.623. The SMILES string of the molecule is O=C(COc1ccccc1)N1CCCN(CC2CN(C(=O)c3ccc4c(c3)OCO4)CCO2)CC1. The molecule has 0 bridgehead atoms. The predicted octanol–water partition coefficient (Wildman–Crippen LogP) is 1.87. The molecular formula is C26H31N3O6. The highest BCUT2D eigenvalue weighted by molar-refractivity contribution is 5.95. The molecule has 1 atom stereocenters. The van der Waals surface area contributed by atoms with Crippen molar-refractivity contribution in [1.82, 2.24) is 14.7 Å². The van der Waals surface area contributed by atoms with Gasteiger partial charge in [-0.3, -0.25) is 14.5 Å². The standard InChI is InChI=1S/C26H31N3O6/c30-25(18-33-21-5-2-1-3-6-21)28-10-4-9-27(11-12-28)16-22-17-29(13-14-32-22)26(31)20-7-8-23-24(15-20)35-19-34-23/h1-3,5-8,15,22H,4,9-14,16-19H2. The fourth-order valence-corrected chi connectivity index (χ4v) is 4.67. The number of hydrogen-bond acceptors (Lipinski definition) is 7. The second kappa shape index (κ2) is 11.0.